The van der Waals surface area contributed by atoms with Crippen LogP contribution in [0.15, 0.2) is 83.8 Å². The summed E-state index contributed by atoms with van der Waals surface area (Å²) in [6, 6.07) is 18.8. The molecule has 3 rings (SSSR count). The minimum atomic E-state index is -4.23. The first-order valence-corrected chi connectivity index (χ1v) is 13.8. The summed E-state index contributed by atoms with van der Waals surface area (Å²) in [7, 11) is -4.23. The van der Waals surface area contributed by atoms with Gasteiger partial charge < -0.3 is 10.2 Å². The summed E-state index contributed by atoms with van der Waals surface area (Å²) in [6.07, 6.45) is 0. The molecule has 0 unspecified atom stereocenters. The van der Waals surface area contributed by atoms with Gasteiger partial charge in [-0.3, -0.25) is 13.9 Å². The normalized spacial score (nSPS) is 12.5. The number of rotatable bonds is 9. The minimum absolute atomic E-state index is 0.0353. The van der Waals surface area contributed by atoms with Gasteiger partial charge in [-0.2, -0.15) is 0 Å². The first-order valence-electron chi connectivity index (χ1n) is 12.0. The van der Waals surface area contributed by atoms with Crippen LogP contribution in [0.4, 0.5) is 10.1 Å². The Kier molecular flexibility index (Phi) is 9.17. The molecule has 202 valence electrons. The van der Waals surface area contributed by atoms with E-state index in [0.29, 0.717) is 0 Å². The molecule has 1 atom stereocenters. The summed E-state index contributed by atoms with van der Waals surface area (Å²) in [5.41, 5.74) is -0.298. The first-order chi connectivity index (χ1) is 17.8. The van der Waals surface area contributed by atoms with Gasteiger partial charge in [0.15, 0.2) is 0 Å². The van der Waals surface area contributed by atoms with Crippen molar-refractivity contribution in [2.75, 3.05) is 10.8 Å². The highest BCUT2D eigenvalue weighted by molar-refractivity contribution is 7.92. The molecule has 0 heterocycles. The molecule has 0 aliphatic rings. The van der Waals surface area contributed by atoms with Gasteiger partial charge in [-0.25, -0.2) is 12.8 Å². The van der Waals surface area contributed by atoms with E-state index in [1.165, 1.54) is 54.3 Å². The second-order valence-electron chi connectivity index (χ2n) is 9.80. The highest BCUT2D eigenvalue weighted by Gasteiger charge is 2.34. The smallest absolute Gasteiger partial charge is 0.264 e. The lowest BCUT2D eigenvalue weighted by Gasteiger charge is -2.33. The van der Waals surface area contributed by atoms with E-state index >= 15 is 0 Å². The van der Waals surface area contributed by atoms with Crippen molar-refractivity contribution in [3.8, 4) is 0 Å². The van der Waals surface area contributed by atoms with Crippen LogP contribution >= 0.6 is 11.6 Å². The number of hydrogen-bond donors (Lipinski definition) is 1. The lowest BCUT2D eigenvalue weighted by molar-refractivity contribution is -0.140. The number of carbonyl (C=O) groups excluding carboxylic acids is 2. The number of sulfonamides is 1. The van der Waals surface area contributed by atoms with Crippen molar-refractivity contribution in [3.63, 3.8) is 0 Å². The molecule has 0 aliphatic carbocycles. The fourth-order valence-corrected chi connectivity index (χ4v) is 5.50. The Balaban J connectivity index is 2.05. The number of hydrogen-bond acceptors (Lipinski definition) is 4. The predicted molar refractivity (Wildman–Crippen MR) is 147 cm³/mol. The van der Waals surface area contributed by atoms with Crippen molar-refractivity contribution < 1.29 is 22.4 Å². The summed E-state index contributed by atoms with van der Waals surface area (Å²) in [5.74, 6) is -1.71. The van der Waals surface area contributed by atoms with E-state index in [4.69, 9.17) is 11.6 Å². The van der Waals surface area contributed by atoms with Gasteiger partial charge >= 0.3 is 0 Å². The van der Waals surface area contributed by atoms with Crippen LogP contribution in [0.2, 0.25) is 5.02 Å². The van der Waals surface area contributed by atoms with Gasteiger partial charge in [-0.15, -0.1) is 0 Å². The van der Waals surface area contributed by atoms with Crippen LogP contribution in [0.5, 0.6) is 0 Å². The number of amides is 2. The molecule has 0 spiro atoms. The lowest BCUT2D eigenvalue weighted by atomic mass is 10.1. The second kappa shape index (κ2) is 12.0. The van der Waals surface area contributed by atoms with Crippen molar-refractivity contribution in [3.05, 3.63) is 95.3 Å². The molecule has 1 N–H and O–H groups in total. The van der Waals surface area contributed by atoms with E-state index in [1.54, 1.807) is 57.2 Å². The molecule has 3 aromatic rings. The maximum Gasteiger partial charge on any atom is 0.264 e. The Hall–Kier alpha value is -3.43. The Morgan fingerprint density at radius 1 is 0.947 bits per heavy atom. The van der Waals surface area contributed by atoms with E-state index in [2.05, 4.69) is 5.32 Å². The number of halogens is 2. The van der Waals surface area contributed by atoms with Crippen molar-refractivity contribution in [2.45, 2.75) is 50.7 Å². The summed E-state index contributed by atoms with van der Waals surface area (Å²) in [4.78, 5) is 28.0. The SMILES string of the molecule is C[C@@H](C(=O)NC(C)(C)C)N(Cc1ccccc1F)C(=O)CN(c1ccccc1Cl)S(=O)(=O)c1ccccc1. The third-order valence-corrected chi connectivity index (χ3v) is 7.79. The number of nitrogens with zero attached hydrogens (tertiary/aromatic N) is 2. The molecule has 0 radical (unpaired) electrons. The van der Waals surface area contributed by atoms with Crippen molar-refractivity contribution in [2.24, 2.45) is 0 Å². The van der Waals surface area contributed by atoms with Crippen LogP contribution in [0.25, 0.3) is 0 Å². The molecule has 0 saturated heterocycles. The van der Waals surface area contributed by atoms with E-state index in [0.717, 1.165) is 4.31 Å². The summed E-state index contributed by atoms with van der Waals surface area (Å²) >= 11 is 6.37. The topological polar surface area (TPSA) is 86.8 Å². The monoisotopic (exact) mass is 559 g/mol. The lowest BCUT2D eigenvalue weighted by Crippen LogP contribution is -2.54. The quantitative estimate of drug-likeness (QED) is 0.399. The van der Waals surface area contributed by atoms with Crippen LogP contribution in [0.3, 0.4) is 0 Å². The van der Waals surface area contributed by atoms with Gasteiger partial charge in [0.25, 0.3) is 10.0 Å². The minimum Gasteiger partial charge on any atom is -0.350 e. The van der Waals surface area contributed by atoms with Crippen LogP contribution in [0.1, 0.15) is 33.3 Å². The Morgan fingerprint density at radius 3 is 2.13 bits per heavy atom. The summed E-state index contributed by atoms with van der Waals surface area (Å²) in [5, 5.41) is 2.95. The number of benzene rings is 3. The highest BCUT2D eigenvalue weighted by atomic mass is 35.5. The highest BCUT2D eigenvalue weighted by Crippen LogP contribution is 2.30. The van der Waals surface area contributed by atoms with Crippen molar-refractivity contribution >= 4 is 39.1 Å². The maximum absolute atomic E-state index is 14.6. The van der Waals surface area contributed by atoms with Gasteiger partial charge in [-0.1, -0.05) is 60.1 Å². The Morgan fingerprint density at radius 2 is 1.53 bits per heavy atom. The zero-order valence-electron chi connectivity index (χ0n) is 21.7. The molecule has 0 fully saturated rings. The molecule has 0 bridgehead atoms. The third-order valence-electron chi connectivity index (χ3n) is 5.70. The summed E-state index contributed by atoms with van der Waals surface area (Å²) < 4.78 is 42.9. The Labute approximate surface area is 228 Å². The van der Waals surface area contributed by atoms with Crippen LogP contribution in [-0.4, -0.2) is 43.3 Å². The Bertz CT molecular complexity index is 1390. The predicted octanol–water partition coefficient (Wildman–Crippen LogP) is 5.01. The fourth-order valence-electron chi connectivity index (χ4n) is 3.75. The fraction of sp³-hybridized carbons (Fsp3) is 0.286. The van der Waals surface area contributed by atoms with E-state index in [1.807, 2.05) is 0 Å². The van der Waals surface area contributed by atoms with Gasteiger partial charge in [0.05, 0.1) is 15.6 Å². The zero-order valence-corrected chi connectivity index (χ0v) is 23.3. The molecule has 0 aliphatic heterocycles. The maximum atomic E-state index is 14.6. The van der Waals surface area contributed by atoms with Crippen molar-refractivity contribution in [1.82, 2.24) is 10.2 Å². The average Bonchev–Trinajstić information content (AvgIpc) is 2.86. The van der Waals surface area contributed by atoms with E-state index < -0.39 is 45.8 Å². The van der Waals surface area contributed by atoms with E-state index in [-0.39, 0.29) is 27.7 Å². The number of para-hydroxylation sites is 1. The van der Waals surface area contributed by atoms with Crippen LogP contribution < -0.4 is 9.62 Å². The number of anilines is 1. The first kappa shape index (κ1) is 29.1. The summed E-state index contributed by atoms with van der Waals surface area (Å²) in [6.45, 7) is 6.00. The van der Waals surface area contributed by atoms with Crippen LogP contribution in [0, 0.1) is 5.82 Å². The molecule has 2 amide bonds. The molecule has 38 heavy (non-hydrogen) atoms. The van der Waals surface area contributed by atoms with Gasteiger partial charge in [0.2, 0.25) is 11.8 Å². The molecule has 7 nitrogen and oxygen atoms in total. The number of carbonyl (C=O) groups is 2. The standard InChI is InChI=1S/C28H31ClFN3O4S/c1-20(27(35)31-28(2,3)4)32(18-21-12-8-10-16-24(21)30)26(34)19-33(25-17-11-9-15-23(25)29)38(36,37)22-13-6-5-7-14-22/h5-17,20H,18-19H2,1-4H3,(H,31,35)/t20-/m0/s1. The zero-order chi connectivity index (χ0) is 28.1. The number of nitrogens with one attached hydrogen (secondary N) is 1. The second-order valence-corrected chi connectivity index (χ2v) is 12.1. The van der Waals surface area contributed by atoms with E-state index in [9.17, 15) is 22.4 Å². The average molecular weight is 560 g/mol. The molecular weight excluding hydrogens is 529 g/mol. The molecule has 3 aromatic carbocycles. The molecule has 10 heteroatoms. The third kappa shape index (κ3) is 7.11. The van der Waals surface area contributed by atoms with Crippen LogP contribution in [-0.2, 0) is 26.2 Å². The molecule has 0 aromatic heterocycles. The van der Waals surface area contributed by atoms with Crippen molar-refractivity contribution in [1.29, 1.82) is 0 Å². The van der Waals surface area contributed by atoms with Gasteiger partial charge in [0.1, 0.15) is 18.4 Å². The largest absolute Gasteiger partial charge is 0.350 e. The van der Waals surface area contributed by atoms with Gasteiger partial charge in [0, 0.05) is 17.6 Å². The molecule has 0 saturated carbocycles. The van der Waals surface area contributed by atoms with Gasteiger partial charge in [-0.05, 0) is 58.0 Å². The molecular formula is C28H31ClFN3O4S.